The number of aliphatic hydroxyl groups is 4. The fourth-order valence-electron chi connectivity index (χ4n) is 10.6. The second kappa shape index (κ2) is 40.3. The molecule has 2 saturated heterocycles. The molecule has 2 heterocycles. The first-order valence-corrected chi connectivity index (χ1v) is 31.4. The Bertz CT molecular complexity index is 2030. The van der Waals surface area contributed by atoms with Gasteiger partial charge < -0.3 is 77.3 Å². The van der Waals surface area contributed by atoms with Crippen molar-refractivity contribution in [3.63, 3.8) is 0 Å². The maximum Gasteiger partial charge on any atom is 0.0917 e. The minimum atomic E-state index is -1.05. The molecule has 16 nitrogen and oxygen atoms in total. The molecule has 1 unspecified atom stereocenters. The van der Waals surface area contributed by atoms with Crippen LogP contribution >= 0.6 is 15.8 Å². The Morgan fingerprint density at radius 3 is 0.785 bits per heavy atom. The van der Waals surface area contributed by atoms with Gasteiger partial charge in [-0.2, -0.15) is 0 Å². The van der Waals surface area contributed by atoms with Crippen molar-refractivity contribution in [3.8, 4) is 0 Å². The zero-order valence-corrected chi connectivity index (χ0v) is 48.3. The largest absolute Gasteiger partial charge is 0.394 e. The number of benzene rings is 4. The summed E-state index contributed by atoms with van der Waals surface area (Å²) in [5.74, 6) is 0. The van der Waals surface area contributed by atoms with Gasteiger partial charge in [0.1, 0.15) is 0 Å². The topological polar surface area (TPSA) is 192 Å². The fraction of sp³-hybridized carbons (Fsp3) is 0.607. The van der Waals surface area contributed by atoms with Crippen molar-refractivity contribution in [2.75, 3.05) is 159 Å². The van der Waals surface area contributed by atoms with Crippen LogP contribution < -0.4 is 10.6 Å². The van der Waals surface area contributed by atoms with E-state index in [9.17, 15) is 20.4 Å². The molecule has 0 amide bonds. The third kappa shape index (κ3) is 22.3. The van der Waals surface area contributed by atoms with Crippen LogP contribution in [0.2, 0.25) is 0 Å². The third-order valence-corrected chi connectivity index (χ3v) is 20.9. The maximum absolute atomic E-state index is 9.23. The Balaban J connectivity index is 1.42. The molecule has 79 heavy (non-hydrogen) atoms. The van der Waals surface area contributed by atoms with Gasteiger partial charge in [-0.1, -0.05) is 138 Å². The van der Waals surface area contributed by atoms with Gasteiger partial charge in [-0.05, 0) is 53.0 Å². The van der Waals surface area contributed by atoms with Crippen molar-refractivity contribution in [1.29, 1.82) is 0 Å². The summed E-state index contributed by atoms with van der Waals surface area (Å²) >= 11 is 0. The van der Waals surface area contributed by atoms with Gasteiger partial charge >= 0.3 is 0 Å². The predicted octanol–water partition coefficient (Wildman–Crippen LogP) is 5.18. The van der Waals surface area contributed by atoms with Crippen LogP contribution in [-0.4, -0.2) is 226 Å². The first-order valence-electron chi connectivity index (χ1n) is 28.4. The first-order chi connectivity index (χ1) is 39.1. The van der Waals surface area contributed by atoms with E-state index in [1.807, 2.05) is 0 Å². The molecule has 0 saturated carbocycles. The summed E-state index contributed by atoms with van der Waals surface area (Å²) in [6.45, 7) is 9.32. The molecule has 0 radical (unpaired) electrons. The molecule has 0 spiro atoms. The Labute approximate surface area is 472 Å². The molecule has 2 fully saturated rings. The molecule has 0 bridgehead atoms. The Morgan fingerprint density at radius 2 is 0.519 bits per heavy atom. The molecule has 6 rings (SSSR count). The molecular weight excluding hydrogens is 1050 g/mol. The highest BCUT2D eigenvalue weighted by Gasteiger charge is 2.56. The lowest BCUT2D eigenvalue weighted by atomic mass is 9.98. The SMILES string of the molecule is CC[C@H]1[C@@H](OCCOCCOCCO)[C@H](OCCOCCOCCO)[C@H](Cc2ccccc2)P1c1ccccc1P1[C@@H](Cc2ccccc2)[C@@H](OCCOCCOCCO)[C@H](OCCOCCOCCO)[C@@H]1Cc1ccccc1. The van der Waals surface area contributed by atoms with Crippen LogP contribution in [0.4, 0.5) is 0 Å². The summed E-state index contributed by atoms with van der Waals surface area (Å²) in [5, 5.41) is 39.6. The maximum atomic E-state index is 9.23. The van der Waals surface area contributed by atoms with E-state index in [4.69, 9.17) is 56.8 Å². The molecular formula is C61H90O16P2. The average molecular weight is 1140 g/mol. The number of aliphatic hydroxyl groups excluding tert-OH is 4. The van der Waals surface area contributed by atoms with Crippen LogP contribution in [0, 0.1) is 0 Å². The monoisotopic (exact) mass is 1140 g/mol. The van der Waals surface area contributed by atoms with E-state index < -0.39 is 15.8 Å². The minimum absolute atomic E-state index is 0.0330. The number of hydrogen-bond donors (Lipinski definition) is 4. The van der Waals surface area contributed by atoms with Crippen molar-refractivity contribution < 1.29 is 77.3 Å². The molecule has 4 aromatic carbocycles. The van der Waals surface area contributed by atoms with E-state index in [0.717, 1.165) is 25.7 Å². The van der Waals surface area contributed by atoms with Gasteiger partial charge in [-0.25, -0.2) is 0 Å². The smallest absolute Gasteiger partial charge is 0.0917 e. The third-order valence-electron chi connectivity index (χ3n) is 13.9. The van der Waals surface area contributed by atoms with Crippen molar-refractivity contribution in [3.05, 3.63) is 132 Å². The van der Waals surface area contributed by atoms with Crippen molar-refractivity contribution in [1.82, 2.24) is 0 Å². The molecule has 18 heteroatoms. The standard InChI is InChI=1S/C61H90O16P2/c1-2-52-58(74-42-38-70-34-30-66-26-22-62)59(75-43-39-71-35-31-67-27-23-63)55(46-49-14-6-3-7-15-49)78(52)53-20-12-13-21-54(53)79-56(47-50-16-8-4-9-17-50)60(76-44-40-72-36-32-68-28-24-64)61(57(79)48-51-18-10-5-11-19-51)77-45-41-73-37-33-69-29-25-65/h3-21,52,55-65H,2,22-48H2,1H3/t52-,55-,56-,57-,58+,59+,60+,61+,78?/m0/s1. The molecule has 4 aromatic rings. The Morgan fingerprint density at radius 1 is 0.291 bits per heavy atom. The van der Waals surface area contributed by atoms with Crippen LogP contribution in [0.5, 0.6) is 0 Å². The summed E-state index contributed by atoms with van der Waals surface area (Å²) in [7, 11) is -2.04. The zero-order valence-electron chi connectivity index (χ0n) is 46.5. The molecule has 9 atom stereocenters. The molecule has 4 N–H and O–H groups in total. The van der Waals surface area contributed by atoms with E-state index >= 15 is 0 Å². The molecule has 2 aliphatic heterocycles. The van der Waals surface area contributed by atoms with E-state index in [1.54, 1.807) is 0 Å². The summed E-state index contributed by atoms with van der Waals surface area (Å²) in [6, 6.07) is 41.5. The second-order valence-corrected chi connectivity index (χ2v) is 24.4. The molecule has 2 aliphatic rings. The first kappa shape index (κ1) is 65.3. The van der Waals surface area contributed by atoms with Gasteiger partial charge in [0.2, 0.25) is 0 Å². The molecule has 440 valence electrons. The highest BCUT2D eigenvalue weighted by Crippen LogP contribution is 2.63. The van der Waals surface area contributed by atoms with Gasteiger partial charge in [-0.15, -0.1) is 0 Å². The lowest BCUT2D eigenvalue weighted by Crippen LogP contribution is -2.40. The second-order valence-electron chi connectivity index (χ2n) is 19.2. The Kier molecular flexibility index (Phi) is 33.3. The highest BCUT2D eigenvalue weighted by molar-refractivity contribution is 7.73. The van der Waals surface area contributed by atoms with Crippen molar-refractivity contribution >= 4 is 26.5 Å². The zero-order chi connectivity index (χ0) is 55.4. The lowest BCUT2D eigenvalue weighted by molar-refractivity contribution is -0.0912. The fourth-order valence-corrected chi connectivity index (χ4v) is 18.8. The van der Waals surface area contributed by atoms with Gasteiger partial charge in [-0.3, -0.25) is 0 Å². The van der Waals surface area contributed by atoms with Crippen molar-refractivity contribution in [2.45, 2.75) is 79.7 Å². The van der Waals surface area contributed by atoms with Crippen LogP contribution in [0.1, 0.15) is 30.0 Å². The van der Waals surface area contributed by atoms with Gasteiger partial charge in [0.25, 0.3) is 0 Å². The van der Waals surface area contributed by atoms with Gasteiger partial charge in [0.15, 0.2) is 0 Å². The number of rotatable bonds is 45. The van der Waals surface area contributed by atoms with Crippen molar-refractivity contribution in [2.24, 2.45) is 0 Å². The van der Waals surface area contributed by atoms with Crippen LogP contribution in [0.25, 0.3) is 0 Å². The predicted molar refractivity (Wildman–Crippen MR) is 309 cm³/mol. The average Bonchev–Trinajstić information content (AvgIpc) is 4.04. The lowest BCUT2D eigenvalue weighted by Gasteiger charge is -2.34. The summed E-state index contributed by atoms with van der Waals surface area (Å²) in [4.78, 5) is 0. The summed E-state index contributed by atoms with van der Waals surface area (Å²) in [6.07, 6.45) is 2.11. The van der Waals surface area contributed by atoms with Crippen LogP contribution in [-0.2, 0) is 76.1 Å². The number of hydrogen-bond acceptors (Lipinski definition) is 16. The highest BCUT2D eigenvalue weighted by atomic mass is 31.1. The van der Waals surface area contributed by atoms with Gasteiger partial charge in [0, 0.05) is 22.6 Å². The summed E-state index contributed by atoms with van der Waals surface area (Å²) < 4.78 is 74.6. The normalized spacial score (nSPS) is 23.0. The van der Waals surface area contributed by atoms with Gasteiger partial charge in [0.05, 0.1) is 183 Å². The van der Waals surface area contributed by atoms with E-state index in [1.165, 1.54) is 27.3 Å². The van der Waals surface area contributed by atoms with Crippen LogP contribution in [0.3, 0.4) is 0 Å². The molecule has 0 aliphatic carbocycles. The quantitative estimate of drug-likeness (QED) is 0.0334. The Hall–Kier alpha value is -2.90. The summed E-state index contributed by atoms with van der Waals surface area (Å²) in [5.41, 5.74) is 4.00. The van der Waals surface area contributed by atoms with E-state index in [-0.39, 0.29) is 99.9 Å². The number of ether oxygens (including phenoxy) is 12. The van der Waals surface area contributed by atoms with E-state index in [2.05, 4.69) is 122 Å². The molecule has 0 aromatic heterocycles. The van der Waals surface area contributed by atoms with Crippen LogP contribution in [0.15, 0.2) is 115 Å². The minimum Gasteiger partial charge on any atom is -0.394 e. The van der Waals surface area contributed by atoms with E-state index in [0.29, 0.717) is 106 Å².